The molecule has 0 aliphatic carbocycles. The van der Waals surface area contributed by atoms with E-state index < -0.39 is 0 Å². The van der Waals surface area contributed by atoms with Crippen molar-refractivity contribution < 1.29 is 20.4 Å². The van der Waals surface area contributed by atoms with Crippen LogP contribution < -0.4 is 9.62 Å². The quantitative estimate of drug-likeness (QED) is 0.151. The molecule has 1 aliphatic rings. The summed E-state index contributed by atoms with van der Waals surface area (Å²) >= 11 is 3.70. The van der Waals surface area contributed by atoms with Crippen LogP contribution in [0, 0.1) is 0 Å². The Bertz CT molecular complexity index is 702. The van der Waals surface area contributed by atoms with Crippen molar-refractivity contribution in [1.29, 1.82) is 0 Å². The van der Waals surface area contributed by atoms with E-state index in [2.05, 4.69) is 137 Å². The van der Waals surface area contributed by atoms with E-state index in [1.807, 2.05) is 0 Å². The van der Waals surface area contributed by atoms with E-state index in [1.54, 1.807) is 0 Å². The first kappa shape index (κ1) is 33.2. The van der Waals surface area contributed by atoms with Crippen molar-refractivity contribution in [3.63, 3.8) is 0 Å². The molecule has 0 atom stereocenters. The molecule has 3 nitrogen and oxygen atoms in total. The van der Waals surface area contributed by atoms with Crippen LogP contribution in [0.15, 0.2) is 24.3 Å². The van der Waals surface area contributed by atoms with Crippen molar-refractivity contribution in [2.45, 2.75) is 104 Å². The maximum absolute atomic E-state index is 7.13. The van der Waals surface area contributed by atoms with Crippen LogP contribution in [0.25, 0.3) is 5.41 Å². The van der Waals surface area contributed by atoms with Gasteiger partial charge in [0.15, 0.2) is 0 Å². The van der Waals surface area contributed by atoms with Crippen LogP contribution in [-0.2, 0) is 20.4 Å². The molecular formula is C25H44BN3P2PdS-. The predicted molar refractivity (Wildman–Crippen MR) is 156 cm³/mol. The normalized spacial score (nSPS) is 14.2. The molecule has 0 spiro atoms. The van der Waals surface area contributed by atoms with Crippen molar-refractivity contribution >= 4 is 52.1 Å². The Hall–Kier alpha value is 0.207. The van der Waals surface area contributed by atoms with Crippen LogP contribution in [0.1, 0.15) is 83.1 Å². The van der Waals surface area contributed by atoms with Crippen LogP contribution in [0.4, 0.5) is 11.4 Å². The number of rotatable bonds is 4. The number of isothiocyanates is 1. The molecule has 0 bridgehead atoms. The minimum atomic E-state index is -0.189. The summed E-state index contributed by atoms with van der Waals surface area (Å²) in [5, 5.41) is 9.77. The average Bonchev–Trinajstić information content (AvgIpc) is 2.92. The number of hydrogen-bond donors (Lipinski definition) is 0. The maximum atomic E-state index is 7.13. The van der Waals surface area contributed by atoms with Gasteiger partial charge in [0.25, 0.3) is 0 Å². The van der Waals surface area contributed by atoms with Crippen LogP contribution in [-0.4, -0.2) is 45.9 Å². The monoisotopic (exact) mass is 597 g/mol. The second kappa shape index (κ2) is 12.4. The van der Waals surface area contributed by atoms with E-state index in [0.717, 1.165) is 12.6 Å². The molecule has 189 valence electrons. The standard InChI is InChI=1S/C24H44BN2P2.CNS.Pd/c1-21(2,3)28(22(4,5)6)17-26-19-15-13-14-16-20(19)27(25-26)18-29(23(7,8)9)24(10,11)12;2-1-3;/h13-16H,17-18H2,1-12H3;;/q;-1;. The molecule has 2 rings (SSSR count). The van der Waals surface area contributed by atoms with Crippen LogP contribution in [0.3, 0.4) is 0 Å². The minimum Gasteiger partial charge on any atom is -0.753 e. The average molecular weight is 598 g/mol. The molecule has 0 aromatic heterocycles. The summed E-state index contributed by atoms with van der Waals surface area (Å²) in [6.07, 6.45) is 2.25. The zero-order chi connectivity index (χ0) is 25.1. The molecule has 8 heteroatoms. The van der Waals surface area contributed by atoms with Gasteiger partial charge in [-0.3, -0.25) is 0 Å². The third-order valence-electron chi connectivity index (χ3n) is 5.61. The summed E-state index contributed by atoms with van der Waals surface area (Å²) < 4.78 is 0. The van der Waals surface area contributed by atoms with Gasteiger partial charge in [0, 0.05) is 44.4 Å². The Morgan fingerprint density at radius 3 is 1.18 bits per heavy atom. The number of hydrogen-bond acceptors (Lipinski definition) is 3. The van der Waals surface area contributed by atoms with Gasteiger partial charge in [-0.1, -0.05) is 123 Å². The number of para-hydroxylation sites is 2. The molecule has 1 aromatic rings. The second-order valence-electron chi connectivity index (χ2n) is 12.5. The summed E-state index contributed by atoms with van der Waals surface area (Å²) in [5.41, 5.74) is 2.76. The minimum absolute atomic E-state index is 0. The van der Waals surface area contributed by atoms with Crippen molar-refractivity contribution in [1.82, 2.24) is 0 Å². The maximum Gasteiger partial charge on any atom is 0.392 e. The number of fused-ring (bicyclic) bond motifs is 1. The van der Waals surface area contributed by atoms with E-state index in [0.29, 0.717) is 20.6 Å². The van der Waals surface area contributed by atoms with Gasteiger partial charge in [-0.25, -0.2) is 0 Å². The van der Waals surface area contributed by atoms with Crippen LogP contribution >= 0.6 is 28.1 Å². The molecule has 0 saturated heterocycles. The summed E-state index contributed by atoms with van der Waals surface area (Å²) in [5.74, 6) is 0. The Morgan fingerprint density at radius 1 is 0.727 bits per heavy atom. The second-order valence-corrected chi connectivity index (χ2v) is 20.3. The van der Waals surface area contributed by atoms with Gasteiger partial charge in [0.2, 0.25) is 0 Å². The van der Waals surface area contributed by atoms with Crippen molar-refractivity contribution in [3.05, 3.63) is 29.7 Å². The molecule has 0 amide bonds. The van der Waals surface area contributed by atoms with Crippen molar-refractivity contribution in [3.8, 4) is 0 Å². The zero-order valence-corrected chi connectivity index (χ0v) is 26.9. The molecular weight excluding hydrogens is 554 g/mol. The molecule has 33 heavy (non-hydrogen) atoms. The Morgan fingerprint density at radius 2 is 0.970 bits per heavy atom. The first-order chi connectivity index (χ1) is 14.3. The Balaban J connectivity index is 0.00000242. The van der Waals surface area contributed by atoms with Crippen molar-refractivity contribution in [2.24, 2.45) is 0 Å². The molecule has 1 radical (unpaired) electrons. The van der Waals surface area contributed by atoms with Gasteiger partial charge in [0.1, 0.15) is 0 Å². The molecule has 0 fully saturated rings. The first-order valence-electron chi connectivity index (χ1n) is 11.4. The fourth-order valence-corrected chi connectivity index (χ4v) is 11.4. The van der Waals surface area contributed by atoms with Gasteiger partial charge < -0.3 is 15.0 Å². The summed E-state index contributed by atoms with van der Waals surface area (Å²) in [4.78, 5) is 5.10. The van der Waals surface area contributed by atoms with E-state index in [-0.39, 0.29) is 36.3 Å². The number of nitrogens with zero attached hydrogens (tertiary/aromatic N) is 3. The first-order valence-corrected chi connectivity index (χ1v) is 14.8. The number of anilines is 2. The smallest absolute Gasteiger partial charge is 0.392 e. The summed E-state index contributed by atoms with van der Waals surface area (Å²) in [7, 11) is 2.04. The van der Waals surface area contributed by atoms with Gasteiger partial charge in [-0.15, -0.1) is 0 Å². The van der Waals surface area contributed by atoms with Crippen molar-refractivity contribution in [2.75, 3.05) is 22.2 Å². The number of thiocarbonyl (C=S) groups is 1. The molecule has 1 heterocycles. The van der Waals surface area contributed by atoms with Crippen LogP contribution in [0.2, 0.25) is 0 Å². The number of benzene rings is 1. The largest absolute Gasteiger partial charge is 0.753 e. The Kier molecular flexibility index (Phi) is 12.5. The summed E-state index contributed by atoms with van der Waals surface area (Å²) in [6.45, 7) is 29.0. The molecule has 0 unspecified atom stereocenters. The van der Waals surface area contributed by atoms with Gasteiger partial charge >= 0.3 is 7.55 Å². The third kappa shape index (κ3) is 9.64. The van der Waals surface area contributed by atoms with E-state index in [9.17, 15) is 0 Å². The van der Waals surface area contributed by atoms with E-state index in [1.165, 1.54) is 16.5 Å². The third-order valence-corrected chi connectivity index (χ3v) is 13.3. The topological polar surface area (TPSA) is 28.8 Å². The molecule has 0 N–H and O–H groups in total. The predicted octanol–water partition coefficient (Wildman–Crippen LogP) is 8.58. The van der Waals surface area contributed by atoms with Crippen LogP contribution in [0.5, 0.6) is 0 Å². The van der Waals surface area contributed by atoms with Gasteiger partial charge in [-0.05, 0) is 32.8 Å². The summed E-state index contributed by atoms with van der Waals surface area (Å²) in [6, 6.07) is 8.99. The SMILES string of the molecule is CC(C)(C)P(CN1[B]N(CP(C(C)(C)C)C(C)(C)C)c2ccccc21)C(C)(C)C.[N-]=C=S.[Pd]. The fraction of sp³-hybridized carbons (Fsp3) is 0.720. The van der Waals surface area contributed by atoms with E-state index in [4.69, 9.17) is 5.41 Å². The fourth-order valence-electron chi connectivity index (χ4n) is 4.63. The van der Waals surface area contributed by atoms with Gasteiger partial charge in [0.05, 0.1) is 0 Å². The zero-order valence-electron chi connectivity index (χ0n) is 22.8. The molecule has 1 aliphatic heterocycles. The molecule has 1 aromatic carbocycles. The van der Waals surface area contributed by atoms with E-state index >= 15 is 0 Å². The Labute approximate surface area is 227 Å². The molecule has 0 saturated carbocycles. The van der Waals surface area contributed by atoms with Gasteiger partial charge in [-0.2, -0.15) is 5.16 Å².